The fourth-order valence-corrected chi connectivity index (χ4v) is 1.20. The van der Waals surface area contributed by atoms with Crippen molar-refractivity contribution in [2.24, 2.45) is 0 Å². The third-order valence-electron chi connectivity index (χ3n) is 1.90. The van der Waals surface area contributed by atoms with Gasteiger partial charge in [-0.15, -0.1) is 0 Å². The van der Waals surface area contributed by atoms with E-state index in [1.807, 2.05) is 0 Å². The monoisotopic (exact) mass is 160 g/mol. The molecule has 2 unspecified atom stereocenters. The standard InChI is InChI=1S/C8H13FO2/c1-5-7(4-10-3)11-6(2)8(5)9/h6-7H,4H2,1-3H3. The highest BCUT2D eigenvalue weighted by Crippen LogP contribution is 2.27. The van der Waals surface area contributed by atoms with E-state index in [0.29, 0.717) is 12.2 Å². The minimum Gasteiger partial charge on any atom is -0.382 e. The predicted molar refractivity (Wildman–Crippen MR) is 40.0 cm³/mol. The SMILES string of the molecule is COCC1OC(C)C(F)=C1C. The van der Waals surface area contributed by atoms with E-state index in [0.717, 1.165) is 0 Å². The zero-order valence-corrected chi connectivity index (χ0v) is 7.06. The van der Waals surface area contributed by atoms with Gasteiger partial charge >= 0.3 is 0 Å². The molecule has 0 fully saturated rings. The van der Waals surface area contributed by atoms with E-state index in [1.165, 1.54) is 0 Å². The van der Waals surface area contributed by atoms with Crippen LogP contribution in [0.2, 0.25) is 0 Å². The van der Waals surface area contributed by atoms with E-state index in [2.05, 4.69) is 0 Å². The van der Waals surface area contributed by atoms with Gasteiger partial charge in [-0.3, -0.25) is 0 Å². The molecule has 0 aromatic rings. The number of halogens is 1. The summed E-state index contributed by atoms with van der Waals surface area (Å²) in [6.07, 6.45) is -0.579. The number of hydrogen-bond donors (Lipinski definition) is 0. The van der Waals surface area contributed by atoms with Gasteiger partial charge in [0, 0.05) is 7.11 Å². The second kappa shape index (κ2) is 3.32. The van der Waals surface area contributed by atoms with Crippen molar-refractivity contribution in [1.29, 1.82) is 0 Å². The molecule has 11 heavy (non-hydrogen) atoms. The average Bonchev–Trinajstić information content (AvgIpc) is 2.19. The van der Waals surface area contributed by atoms with Crippen LogP contribution in [0.4, 0.5) is 4.39 Å². The van der Waals surface area contributed by atoms with Gasteiger partial charge in [0.2, 0.25) is 0 Å². The van der Waals surface area contributed by atoms with Crippen molar-refractivity contribution in [2.75, 3.05) is 13.7 Å². The molecule has 0 saturated carbocycles. The maximum Gasteiger partial charge on any atom is 0.130 e. The minimum atomic E-state index is -0.393. The highest BCUT2D eigenvalue weighted by atomic mass is 19.1. The molecule has 3 heteroatoms. The van der Waals surface area contributed by atoms with Crippen LogP contribution in [0.25, 0.3) is 0 Å². The molecule has 0 N–H and O–H groups in total. The molecular formula is C8H13FO2. The summed E-state index contributed by atoms with van der Waals surface area (Å²) in [5.74, 6) is -0.146. The molecule has 0 amide bonds. The van der Waals surface area contributed by atoms with Crippen molar-refractivity contribution >= 4 is 0 Å². The molecule has 0 aromatic heterocycles. The summed E-state index contributed by atoms with van der Waals surface area (Å²) < 4.78 is 23.1. The van der Waals surface area contributed by atoms with Gasteiger partial charge in [0.25, 0.3) is 0 Å². The summed E-state index contributed by atoms with van der Waals surface area (Å²) in [5.41, 5.74) is 0.666. The number of methoxy groups -OCH3 is 1. The van der Waals surface area contributed by atoms with Crippen molar-refractivity contribution in [3.05, 3.63) is 11.4 Å². The van der Waals surface area contributed by atoms with Crippen LogP contribution in [0, 0.1) is 0 Å². The maximum absolute atomic E-state index is 13.0. The first kappa shape index (κ1) is 8.68. The summed E-state index contributed by atoms with van der Waals surface area (Å²) in [6.45, 7) is 3.88. The normalized spacial score (nSPS) is 31.6. The van der Waals surface area contributed by atoms with Crippen molar-refractivity contribution in [1.82, 2.24) is 0 Å². The Bertz CT molecular complexity index is 177. The van der Waals surface area contributed by atoms with E-state index in [9.17, 15) is 4.39 Å². The van der Waals surface area contributed by atoms with Gasteiger partial charge in [0.15, 0.2) is 0 Å². The van der Waals surface area contributed by atoms with Crippen LogP contribution in [-0.4, -0.2) is 25.9 Å². The molecule has 0 saturated heterocycles. The van der Waals surface area contributed by atoms with Crippen LogP contribution in [0.3, 0.4) is 0 Å². The topological polar surface area (TPSA) is 18.5 Å². The minimum absolute atomic E-state index is 0.146. The molecule has 1 heterocycles. The Kier molecular flexibility index (Phi) is 2.62. The Morgan fingerprint density at radius 2 is 2.27 bits per heavy atom. The molecular weight excluding hydrogens is 147 g/mol. The lowest BCUT2D eigenvalue weighted by Gasteiger charge is -2.10. The van der Waals surface area contributed by atoms with E-state index in [4.69, 9.17) is 9.47 Å². The van der Waals surface area contributed by atoms with Crippen molar-refractivity contribution in [3.8, 4) is 0 Å². The molecule has 2 nitrogen and oxygen atoms in total. The van der Waals surface area contributed by atoms with Gasteiger partial charge in [0.1, 0.15) is 18.0 Å². The fourth-order valence-electron chi connectivity index (χ4n) is 1.20. The van der Waals surface area contributed by atoms with Gasteiger partial charge in [-0.25, -0.2) is 4.39 Å². The zero-order valence-electron chi connectivity index (χ0n) is 7.06. The smallest absolute Gasteiger partial charge is 0.130 e. The van der Waals surface area contributed by atoms with Crippen molar-refractivity contribution in [2.45, 2.75) is 26.1 Å². The summed E-state index contributed by atoms with van der Waals surface area (Å²) in [4.78, 5) is 0. The summed E-state index contributed by atoms with van der Waals surface area (Å²) in [7, 11) is 1.58. The molecule has 1 aliphatic rings. The molecule has 64 valence electrons. The maximum atomic E-state index is 13.0. The molecule has 1 rings (SSSR count). The largest absolute Gasteiger partial charge is 0.382 e. The quantitative estimate of drug-likeness (QED) is 0.611. The van der Waals surface area contributed by atoms with E-state index in [1.54, 1.807) is 21.0 Å². The summed E-state index contributed by atoms with van der Waals surface area (Å²) >= 11 is 0. The molecule has 0 radical (unpaired) electrons. The number of hydrogen-bond acceptors (Lipinski definition) is 2. The first-order valence-electron chi connectivity index (χ1n) is 3.67. The number of rotatable bonds is 2. The Morgan fingerprint density at radius 1 is 1.64 bits per heavy atom. The van der Waals surface area contributed by atoms with Gasteiger partial charge in [0.05, 0.1) is 6.61 Å². The summed E-state index contributed by atoms with van der Waals surface area (Å²) in [5, 5.41) is 0. The van der Waals surface area contributed by atoms with Crippen LogP contribution in [0.1, 0.15) is 13.8 Å². The first-order chi connectivity index (χ1) is 5.16. The zero-order chi connectivity index (χ0) is 8.43. The molecule has 0 bridgehead atoms. The Morgan fingerprint density at radius 3 is 2.64 bits per heavy atom. The van der Waals surface area contributed by atoms with Gasteiger partial charge in [-0.1, -0.05) is 0 Å². The lowest BCUT2D eigenvalue weighted by molar-refractivity contribution is 0.00827. The Hall–Kier alpha value is -0.410. The highest BCUT2D eigenvalue weighted by Gasteiger charge is 2.29. The van der Waals surface area contributed by atoms with Crippen molar-refractivity contribution in [3.63, 3.8) is 0 Å². The Balaban J connectivity index is 2.62. The van der Waals surface area contributed by atoms with Gasteiger partial charge < -0.3 is 9.47 Å². The van der Waals surface area contributed by atoms with E-state index >= 15 is 0 Å². The lowest BCUT2D eigenvalue weighted by Crippen LogP contribution is -2.17. The van der Waals surface area contributed by atoms with E-state index < -0.39 is 6.10 Å². The lowest BCUT2D eigenvalue weighted by atomic mass is 10.2. The third kappa shape index (κ3) is 1.60. The van der Waals surface area contributed by atoms with Crippen LogP contribution < -0.4 is 0 Å². The average molecular weight is 160 g/mol. The van der Waals surface area contributed by atoms with Crippen LogP contribution >= 0.6 is 0 Å². The van der Waals surface area contributed by atoms with E-state index in [-0.39, 0.29) is 11.9 Å². The molecule has 0 spiro atoms. The summed E-state index contributed by atoms with van der Waals surface area (Å²) in [6, 6.07) is 0. The number of ether oxygens (including phenoxy) is 2. The van der Waals surface area contributed by atoms with Crippen molar-refractivity contribution < 1.29 is 13.9 Å². The first-order valence-corrected chi connectivity index (χ1v) is 3.67. The van der Waals surface area contributed by atoms with Crippen LogP contribution in [0.15, 0.2) is 11.4 Å². The predicted octanol–water partition coefficient (Wildman–Crippen LogP) is 1.66. The molecule has 0 aliphatic carbocycles. The highest BCUT2D eigenvalue weighted by molar-refractivity contribution is 5.19. The molecule has 2 atom stereocenters. The Labute approximate surface area is 66.0 Å². The third-order valence-corrected chi connectivity index (χ3v) is 1.90. The van der Waals surface area contributed by atoms with Gasteiger partial charge in [-0.2, -0.15) is 0 Å². The molecule has 1 aliphatic heterocycles. The second-order valence-electron chi connectivity index (χ2n) is 2.75. The fraction of sp³-hybridized carbons (Fsp3) is 0.750. The van der Waals surface area contributed by atoms with Crippen LogP contribution in [0.5, 0.6) is 0 Å². The molecule has 0 aromatic carbocycles. The van der Waals surface area contributed by atoms with Gasteiger partial charge in [-0.05, 0) is 19.4 Å². The second-order valence-corrected chi connectivity index (χ2v) is 2.75. The van der Waals surface area contributed by atoms with Crippen LogP contribution in [-0.2, 0) is 9.47 Å².